The highest BCUT2D eigenvalue weighted by atomic mass is 35.5. The van der Waals surface area contributed by atoms with E-state index in [4.69, 9.17) is 11.6 Å². The first-order chi connectivity index (χ1) is 8.72. The van der Waals surface area contributed by atoms with Crippen molar-refractivity contribution >= 4 is 28.8 Å². The Morgan fingerprint density at radius 1 is 1.39 bits per heavy atom. The maximum atomic E-state index is 13.5. The van der Waals surface area contributed by atoms with Crippen LogP contribution in [0.4, 0.5) is 21.6 Å². The molecule has 2 heterocycles. The molecule has 0 amide bonds. The fraction of sp³-hybridized carbons (Fsp3) is 0.0909. The van der Waals surface area contributed by atoms with Gasteiger partial charge in [-0.15, -0.1) is 0 Å². The average Bonchev–Trinajstić information content (AvgIpc) is 2.81. The van der Waals surface area contributed by atoms with Crippen LogP contribution < -0.4 is 16.2 Å². The lowest BCUT2D eigenvalue weighted by Crippen LogP contribution is -2.10. The van der Waals surface area contributed by atoms with Gasteiger partial charge in [0.2, 0.25) is 5.28 Å². The molecule has 0 atom stereocenters. The zero-order chi connectivity index (χ0) is 12.5. The Balaban J connectivity index is 1.90. The quantitative estimate of drug-likeness (QED) is 0.728. The first-order valence-electron chi connectivity index (χ1n) is 5.29. The van der Waals surface area contributed by atoms with Crippen molar-refractivity contribution in [2.75, 3.05) is 10.7 Å². The zero-order valence-corrected chi connectivity index (χ0v) is 9.92. The molecule has 18 heavy (non-hydrogen) atoms. The number of hydrogen-bond acceptors (Lipinski definition) is 5. The summed E-state index contributed by atoms with van der Waals surface area (Å²) < 4.78 is 13.5. The van der Waals surface area contributed by atoms with Crippen molar-refractivity contribution in [1.82, 2.24) is 15.4 Å². The van der Waals surface area contributed by atoms with Crippen molar-refractivity contribution in [3.05, 3.63) is 41.1 Å². The fourth-order valence-electron chi connectivity index (χ4n) is 1.73. The number of nitrogens with zero attached hydrogens (tertiary/aromatic N) is 2. The van der Waals surface area contributed by atoms with Gasteiger partial charge in [-0.3, -0.25) is 0 Å². The minimum atomic E-state index is -0.550. The van der Waals surface area contributed by atoms with E-state index in [1.807, 2.05) is 18.2 Å². The highest BCUT2D eigenvalue weighted by Crippen LogP contribution is 2.26. The first-order valence-corrected chi connectivity index (χ1v) is 5.67. The van der Waals surface area contributed by atoms with Gasteiger partial charge >= 0.3 is 0 Å². The number of halogens is 2. The van der Waals surface area contributed by atoms with E-state index in [9.17, 15) is 4.39 Å². The Morgan fingerprint density at radius 3 is 3.17 bits per heavy atom. The van der Waals surface area contributed by atoms with E-state index in [1.54, 1.807) is 0 Å². The minimum absolute atomic E-state index is 0.000137. The lowest BCUT2D eigenvalue weighted by molar-refractivity contribution is 0.619. The van der Waals surface area contributed by atoms with Crippen LogP contribution in [0.5, 0.6) is 0 Å². The van der Waals surface area contributed by atoms with E-state index in [2.05, 4.69) is 26.1 Å². The van der Waals surface area contributed by atoms with Crippen LogP contribution in [-0.4, -0.2) is 9.97 Å². The van der Waals surface area contributed by atoms with Crippen molar-refractivity contribution in [2.45, 2.75) is 6.54 Å². The van der Waals surface area contributed by atoms with Gasteiger partial charge < -0.3 is 10.7 Å². The minimum Gasteiger partial charge on any atom is -0.338 e. The van der Waals surface area contributed by atoms with E-state index >= 15 is 0 Å². The molecule has 2 aromatic rings. The molecule has 0 saturated carbocycles. The Morgan fingerprint density at radius 2 is 2.28 bits per heavy atom. The molecule has 1 aliphatic heterocycles. The predicted molar refractivity (Wildman–Crippen MR) is 67.2 cm³/mol. The van der Waals surface area contributed by atoms with Crippen molar-refractivity contribution in [2.24, 2.45) is 0 Å². The monoisotopic (exact) mass is 265 g/mol. The molecule has 1 aliphatic rings. The average molecular weight is 266 g/mol. The molecule has 5 nitrogen and oxygen atoms in total. The van der Waals surface area contributed by atoms with E-state index in [0.29, 0.717) is 0 Å². The van der Waals surface area contributed by atoms with Crippen LogP contribution in [0, 0.1) is 5.82 Å². The van der Waals surface area contributed by atoms with Gasteiger partial charge in [-0.1, -0.05) is 6.07 Å². The lowest BCUT2D eigenvalue weighted by Gasteiger charge is -2.08. The number of hydrogen-bond donors (Lipinski definition) is 3. The molecule has 3 N–H and O–H groups in total. The maximum absolute atomic E-state index is 13.5. The zero-order valence-electron chi connectivity index (χ0n) is 9.17. The second-order valence-corrected chi connectivity index (χ2v) is 4.15. The number of nitrogens with one attached hydrogen (secondary N) is 3. The van der Waals surface area contributed by atoms with Gasteiger partial charge in [-0.25, -0.2) is 14.8 Å². The standard InChI is InChI=1S/C11H9ClFN5/c12-11-14-5-8(13)10(17-11)16-7-2-1-6-4-15-18-9(6)3-7/h1-3,5,15,18H,4H2,(H,14,16,17). The van der Waals surface area contributed by atoms with Gasteiger partial charge in [-0.05, 0) is 29.3 Å². The molecule has 1 aromatic carbocycles. The van der Waals surface area contributed by atoms with Crippen molar-refractivity contribution in [1.29, 1.82) is 0 Å². The van der Waals surface area contributed by atoms with Gasteiger partial charge in [0.1, 0.15) is 0 Å². The maximum Gasteiger partial charge on any atom is 0.224 e. The molecule has 0 radical (unpaired) electrons. The Labute approximate surface area is 107 Å². The summed E-state index contributed by atoms with van der Waals surface area (Å²) in [7, 11) is 0. The van der Waals surface area contributed by atoms with Crippen molar-refractivity contribution < 1.29 is 4.39 Å². The van der Waals surface area contributed by atoms with Crippen LogP contribution in [0.2, 0.25) is 5.28 Å². The third kappa shape index (κ3) is 2.07. The van der Waals surface area contributed by atoms with E-state index in [-0.39, 0.29) is 11.1 Å². The van der Waals surface area contributed by atoms with Crippen molar-refractivity contribution in [3.8, 4) is 0 Å². The Hall–Kier alpha value is -1.92. The molecule has 0 saturated heterocycles. The van der Waals surface area contributed by atoms with Gasteiger partial charge in [-0.2, -0.15) is 4.98 Å². The number of hydrazine groups is 1. The van der Waals surface area contributed by atoms with E-state index in [1.165, 1.54) is 0 Å². The number of benzene rings is 1. The summed E-state index contributed by atoms with van der Waals surface area (Å²) in [6.45, 7) is 0.767. The van der Waals surface area contributed by atoms with Gasteiger partial charge in [0.05, 0.1) is 11.9 Å². The first kappa shape index (κ1) is 11.2. The molecule has 1 aromatic heterocycles. The highest BCUT2D eigenvalue weighted by Gasteiger charge is 2.11. The molecule has 7 heteroatoms. The van der Waals surface area contributed by atoms with Crippen LogP contribution in [0.15, 0.2) is 24.4 Å². The van der Waals surface area contributed by atoms with Crippen LogP contribution >= 0.6 is 11.6 Å². The molecule has 0 unspecified atom stereocenters. The SMILES string of the molecule is Fc1cnc(Cl)nc1Nc1ccc2c(c1)NNC2. The smallest absolute Gasteiger partial charge is 0.224 e. The van der Waals surface area contributed by atoms with Crippen LogP contribution in [0.25, 0.3) is 0 Å². The van der Waals surface area contributed by atoms with E-state index in [0.717, 1.165) is 29.7 Å². The van der Waals surface area contributed by atoms with Crippen LogP contribution in [0.1, 0.15) is 5.56 Å². The molecule has 0 spiro atoms. The summed E-state index contributed by atoms with van der Waals surface area (Å²) in [5, 5.41) is 2.86. The molecule has 0 aliphatic carbocycles. The number of anilines is 3. The second-order valence-electron chi connectivity index (χ2n) is 3.81. The predicted octanol–water partition coefficient (Wildman–Crippen LogP) is 2.44. The largest absolute Gasteiger partial charge is 0.338 e. The summed E-state index contributed by atoms with van der Waals surface area (Å²) in [5.74, 6) is -0.494. The molecule has 0 bridgehead atoms. The van der Waals surface area contributed by atoms with Gasteiger partial charge in [0.25, 0.3) is 0 Å². The summed E-state index contributed by atoms with van der Waals surface area (Å²) in [4.78, 5) is 7.35. The number of rotatable bonds is 2. The molecule has 3 rings (SSSR count). The van der Waals surface area contributed by atoms with Crippen LogP contribution in [0.3, 0.4) is 0 Å². The van der Waals surface area contributed by atoms with Crippen molar-refractivity contribution in [3.63, 3.8) is 0 Å². The van der Waals surface area contributed by atoms with E-state index < -0.39 is 5.82 Å². The summed E-state index contributed by atoms with van der Waals surface area (Å²) >= 11 is 5.63. The second kappa shape index (κ2) is 4.40. The lowest BCUT2D eigenvalue weighted by atomic mass is 10.2. The Bertz CT molecular complexity index is 604. The fourth-order valence-corrected chi connectivity index (χ4v) is 1.86. The summed E-state index contributed by atoms with van der Waals surface area (Å²) in [6, 6.07) is 5.67. The summed E-state index contributed by atoms with van der Waals surface area (Å²) in [5.41, 5.74) is 8.84. The Kier molecular flexibility index (Phi) is 2.73. The third-order valence-electron chi connectivity index (χ3n) is 2.59. The molecular weight excluding hydrogens is 257 g/mol. The number of aromatic nitrogens is 2. The summed E-state index contributed by atoms with van der Waals surface area (Å²) in [6.07, 6.45) is 1.03. The highest BCUT2D eigenvalue weighted by molar-refractivity contribution is 6.28. The van der Waals surface area contributed by atoms with Gasteiger partial charge in [0, 0.05) is 12.2 Å². The molecular formula is C11H9ClFN5. The third-order valence-corrected chi connectivity index (χ3v) is 2.77. The van der Waals surface area contributed by atoms with Gasteiger partial charge in [0.15, 0.2) is 11.6 Å². The molecule has 92 valence electrons. The number of fused-ring (bicyclic) bond motifs is 1. The normalized spacial score (nSPS) is 13.0. The topological polar surface area (TPSA) is 61.9 Å². The molecule has 0 fully saturated rings. The van der Waals surface area contributed by atoms with Crippen LogP contribution in [-0.2, 0) is 6.54 Å².